The zero-order valence-electron chi connectivity index (χ0n) is 13.8. The van der Waals surface area contributed by atoms with Crippen molar-refractivity contribution in [3.8, 4) is 0 Å². The monoisotopic (exact) mass is 328 g/mol. The normalized spacial score (nSPS) is 20.8. The molecule has 2 heterocycles. The van der Waals surface area contributed by atoms with Crippen molar-refractivity contribution < 1.29 is 9.59 Å². The van der Waals surface area contributed by atoms with Crippen molar-refractivity contribution in [2.75, 3.05) is 36.8 Å². The van der Waals surface area contributed by atoms with Gasteiger partial charge in [0.25, 0.3) is 0 Å². The SMILES string of the molecule is O=C(CN1CCCCC1)Nc1ccc(NC(=O)C2C=CCN2)cc1. The summed E-state index contributed by atoms with van der Waals surface area (Å²) < 4.78 is 0. The number of likely N-dealkylation sites (tertiary alicyclic amines) is 1. The van der Waals surface area contributed by atoms with Gasteiger partial charge in [0.05, 0.1) is 6.54 Å². The van der Waals surface area contributed by atoms with E-state index in [2.05, 4.69) is 20.9 Å². The van der Waals surface area contributed by atoms with Gasteiger partial charge in [0.15, 0.2) is 0 Å². The Bertz CT molecular complexity index is 606. The topological polar surface area (TPSA) is 73.5 Å². The van der Waals surface area contributed by atoms with E-state index in [0.717, 1.165) is 31.0 Å². The van der Waals surface area contributed by atoms with Gasteiger partial charge < -0.3 is 10.6 Å². The number of nitrogens with zero attached hydrogens (tertiary/aromatic N) is 1. The van der Waals surface area contributed by atoms with Gasteiger partial charge in [0.2, 0.25) is 11.8 Å². The van der Waals surface area contributed by atoms with Crippen molar-refractivity contribution >= 4 is 23.2 Å². The molecule has 0 aromatic heterocycles. The zero-order chi connectivity index (χ0) is 16.8. The highest BCUT2D eigenvalue weighted by molar-refractivity contribution is 5.97. The third-order valence-corrected chi connectivity index (χ3v) is 4.32. The van der Waals surface area contributed by atoms with Crippen molar-refractivity contribution in [2.45, 2.75) is 25.3 Å². The van der Waals surface area contributed by atoms with Crippen molar-refractivity contribution in [1.29, 1.82) is 0 Å². The van der Waals surface area contributed by atoms with Crippen LogP contribution in [0.3, 0.4) is 0 Å². The predicted molar refractivity (Wildman–Crippen MR) is 94.9 cm³/mol. The van der Waals surface area contributed by atoms with Crippen LogP contribution in [0.15, 0.2) is 36.4 Å². The molecule has 6 heteroatoms. The van der Waals surface area contributed by atoms with E-state index >= 15 is 0 Å². The molecule has 3 N–H and O–H groups in total. The van der Waals surface area contributed by atoms with Crippen LogP contribution in [0, 0.1) is 0 Å². The molecule has 128 valence electrons. The number of rotatable bonds is 5. The predicted octanol–water partition coefficient (Wildman–Crippen LogP) is 1.58. The first-order valence-electron chi connectivity index (χ1n) is 8.54. The minimum Gasteiger partial charge on any atom is -0.325 e. The lowest BCUT2D eigenvalue weighted by Crippen LogP contribution is -2.36. The molecule has 1 saturated heterocycles. The van der Waals surface area contributed by atoms with E-state index in [0.29, 0.717) is 6.54 Å². The van der Waals surface area contributed by atoms with Gasteiger partial charge in [-0.15, -0.1) is 0 Å². The fraction of sp³-hybridized carbons (Fsp3) is 0.444. The molecular weight excluding hydrogens is 304 g/mol. The van der Waals surface area contributed by atoms with Crippen molar-refractivity contribution in [3.05, 3.63) is 36.4 Å². The van der Waals surface area contributed by atoms with Crippen LogP contribution in [0.1, 0.15) is 19.3 Å². The fourth-order valence-corrected chi connectivity index (χ4v) is 3.03. The van der Waals surface area contributed by atoms with E-state index in [1.165, 1.54) is 19.3 Å². The number of carbonyl (C=O) groups is 2. The van der Waals surface area contributed by atoms with Gasteiger partial charge in [-0.3, -0.25) is 19.8 Å². The molecule has 1 aromatic carbocycles. The smallest absolute Gasteiger partial charge is 0.245 e. The summed E-state index contributed by atoms with van der Waals surface area (Å²) in [5.41, 5.74) is 1.46. The van der Waals surface area contributed by atoms with Crippen LogP contribution in [-0.4, -0.2) is 48.9 Å². The molecule has 2 amide bonds. The molecule has 1 fully saturated rings. The minimum atomic E-state index is -0.270. The third-order valence-electron chi connectivity index (χ3n) is 4.32. The highest BCUT2D eigenvalue weighted by Gasteiger charge is 2.17. The van der Waals surface area contributed by atoms with Crippen LogP contribution in [0.5, 0.6) is 0 Å². The average Bonchev–Trinajstić information content (AvgIpc) is 3.12. The van der Waals surface area contributed by atoms with Gasteiger partial charge in [0, 0.05) is 17.9 Å². The largest absolute Gasteiger partial charge is 0.325 e. The standard InChI is InChI=1S/C18H24N4O2/c23-17(13-22-11-2-1-3-12-22)20-14-6-8-15(9-7-14)21-18(24)16-5-4-10-19-16/h4-9,16,19H,1-3,10-13H2,(H,20,23)(H,21,24). The second kappa shape index (κ2) is 8.08. The highest BCUT2D eigenvalue weighted by atomic mass is 16.2. The summed E-state index contributed by atoms with van der Waals surface area (Å²) in [5.74, 6) is -0.0698. The lowest BCUT2D eigenvalue weighted by atomic mass is 10.1. The van der Waals surface area contributed by atoms with E-state index in [9.17, 15) is 9.59 Å². The molecule has 0 saturated carbocycles. The van der Waals surface area contributed by atoms with Gasteiger partial charge in [-0.25, -0.2) is 0 Å². The third kappa shape index (κ3) is 4.66. The summed E-state index contributed by atoms with van der Waals surface area (Å²) in [6, 6.07) is 6.94. The summed E-state index contributed by atoms with van der Waals surface area (Å²) in [6.07, 6.45) is 7.40. The summed E-state index contributed by atoms with van der Waals surface area (Å²) in [4.78, 5) is 26.3. The van der Waals surface area contributed by atoms with Gasteiger partial charge >= 0.3 is 0 Å². The summed E-state index contributed by atoms with van der Waals surface area (Å²) >= 11 is 0. The lowest BCUT2D eigenvalue weighted by molar-refractivity contribution is -0.118. The Morgan fingerprint density at radius 2 is 1.71 bits per heavy atom. The van der Waals surface area contributed by atoms with Crippen molar-refractivity contribution in [1.82, 2.24) is 10.2 Å². The number of anilines is 2. The molecule has 6 nitrogen and oxygen atoms in total. The summed E-state index contributed by atoms with van der Waals surface area (Å²) in [6.45, 7) is 3.17. The molecular formula is C18H24N4O2. The number of nitrogens with one attached hydrogen (secondary N) is 3. The van der Waals surface area contributed by atoms with Gasteiger partial charge in [-0.2, -0.15) is 0 Å². The number of benzene rings is 1. The second-order valence-electron chi connectivity index (χ2n) is 6.27. The molecule has 0 bridgehead atoms. The average molecular weight is 328 g/mol. The molecule has 2 aliphatic rings. The molecule has 0 radical (unpaired) electrons. The molecule has 1 aromatic rings. The Labute approximate surface area is 142 Å². The molecule has 24 heavy (non-hydrogen) atoms. The Balaban J connectivity index is 1.47. The summed E-state index contributed by atoms with van der Waals surface area (Å²) in [7, 11) is 0. The van der Waals surface area contributed by atoms with Crippen LogP contribution in [0.25, 0.3) is 0 Å². The van der Waals surface area contributed by atoms with E-state index in [-0.39, 0.29) is 17.9 Å². The Morgan fingerprint density at radius 3 is 2.33 bits per heavy atom. The molecule has 0 aliphatic carbocycles. The Morgan fingerprint density at radius 1 is 1.04 bits per heavy atom. The molecule has 3 rings (SSSR count). The van der Waals surface area contributed by atoms with Crippen molar-refractivity contribution in [2.24, 2.45) is 0 Å². The van der Waals surface area contributed by atoms with E-state index in [1.807, 2.05) is 24.3 Å². The summed E-state index contributed by atoms with van der Waals surface area (Å²) in [5, 5.41) is 8.83. The first-order valence-corrected chi connectivity index (χ1v) is 8.54. The number of piperidine rings is 1. The van der Waals surface area contributed by atoms with Crippen LogP contribution < -0.4 is 16.0 Å². The van der Waals surface area contributed by atoms with Gasteiger partial charge in [-0.05, 0) is 50.2 Å². The fourth-order valence-electron chi connectivity index (χ4n) is 3.03. The van der Waals surface area contributed by atoms with Crippen LogP contribution in [0.4, 0.5) is 11.4 Å². The first-order chi connectivity index (χ1) is 11.7. The Kier molecular flexibility index (Phi) is 5.61. The highest BCUT2D eigenvalue weighted by Crippen LogP contribution is 2.15. The molecule has 1 unspecified atom stereocenters. The quantitative estimate of drug-likeness (QED) is 0.718. The minimum absolute atomic E-state index is 0.00831. The molecule has 2 aliphatic heterocycles. The number of hydrogen-bond donors (Lipinski definition) is 3. The maximum atomic E-state index is 12.1. The number of hydrogen-bond acceptors (Lipinski definition) is 4. The second-order valence-corrected chi connectivity index (χ2v) is 6.27. The van der Waals surface area contributed by atoms with E-state index < -0.39 is 0 Å². The van der Waals surface area contributed by atoms with E-state index in [1.54, 1.807) is 12.1 Å². The number of carbonyl (C=O) groups excluding carboxylic acids is 2. The van der Waals surface area contributed by atoms with Gasteiger partial charge in [-0.1, -0.05) is 18.6 Å². The maximum absolute atomic E-state index is 12.1. The van der Waals surface area contributed by atoms with Crippen molar-refractivity contribution in [3.63, 3.8) is 0 Å². The van der Waals surface area contributed by atoms with Crippen LogP contribution >= 0.6 is 0 Å². The van der Waals surface area contributed by atoms with Crippen LogP contribution in [0.2, 0.25) is 0 Å². The molecule has 1 atom stereocenters. The molecule has 0 spiro atoms. The van der Waals surface area contributed by atoms with Gasteiger partial charge in [0.1, 0.15) is 6.04 Å². The maximum Gasteiger partial charge on any atom is 0.245 e. The van der Waals surface area contributed by atoms with Crippen LogP contribution in [-0.2, 0) is 9.59 Å². The Hall–Kier alpha value is -2.18. The lowest BCUT2D eigenvalue weighted by Gasteiger charge is -2.25. The zero-order valence-corrected chi connectivity index (χ0v) is 13.8. The first kappa shape index (κ1) is 16.7. The number of amides is 2. The van der Waals surface area contributed by atoms with E-state index in [4.69, 9.17) is 0 Å².